The third kappa shape index (κ3) is 7.48. The lowest BCUT2D eigenvalue weighted by atomic mass is 9.70. The van der Waals surface area contributed by atoms with E-state index in [2.05, 4.69) is 0 Å². The largest absolute Gasteiger partial charge is 0.414 e. The molecule has 0 aliphatic heterocycles. The predicted molar refractivity (Wildman–Crippen MR) is 96.6 cm³/mol. The molecule has 2 rings (SSSR count). The summed E-state index contributed by atoms with van der Waals surface area (Å²) < 4.78 is 44.2. The van der Waals surface area contributed by atoms with E-state index in [0.29, 0.717) is 18.8 Å². The van der Waals surface area contributed by atoms with Crippen LogP contribution in [0.1, 0.15) is 96.8 Å². The number of halogens is 3. The summed E-state index contributed by atoms with van der Waals surface area (Å²) in [6.45, 7) is 2.20. The number of unbranched alkanes of at least 4 members (excludes halogenated alkanes) is 1. The summed E-state index contributed by atoms with van der Waals surface area (Å²) in [5, 5.41) is 0. The van der Waals surface area contributed by atoms with Gasteiger partial charge < -0.3 is 4.74 Å². The third-order valence-electron chi connectivity index (χ3n) is 6.47. The van der Waals surface area contributed by atoms with Crippen LogP contribution in [-0.4, -0.2) is 18.9 Å². The second kappa shape index (κ2) is 10.8. The van der Waals surface area contributed by atoms with E-state index in [1.165, 1.54) is 57.8 Å². The normalized spacial score (nSPS) is 27.4. The molecular formula is C21H37F3O. The maximum absolute atomic E-state index is 13.0. The first-order valence-electron chi connectivity index (χ1n) is 10.7. The first-order chi connectivity index (χ1) is 12.0. The Morgan fingerprint density at radius 2 is 1.52 bits per heavy atom. The summed E-state index contributed by atoms with van der Waals surface area (Å²) in [4.78, 5) is 0. The van der Waals surface area contributed by atoms with Gasteiger partial charge >= 0.3 is 6.18 Å². The van der Waals surface area contributed by atoms with Gasteiger partial charge in [0.15, 0.2) is 6.10 Å². The molecule has 2 saturated carbocycles. The monoisotopic (exact) mass is 362 g/mol. The topological polar surface area (TPSA) is 9.23 Å². The van der Waals surface area contributed by atoms with Crippen LogP contribution in [0.5, 0.6) is 0 Å². The Morgan fingerprint density at radius 1 is 0.880 bits per heavy atom. The number of hydrogen-bond donors (Lipinski definition) is 0. The molecule has 0 amide bonds. The number of rotatable bonds is 9. The van der Waals surface area contributed by atoms with E-state index in [1.54, 1.807) is 0 Å². The minimum atomic E-state index is -4.22. The Balaban J connectivity index is 1.63. The number of hydrogen-bond acceptors (Lipinski definition) is 1. The number of ether oxygens (including phenoxy) is 1. The minimum Gasteiger partial charge on any atom is -0.369 e. The maximum Gasteiger partial charge on any atom is 0.414 e. The highest BCUT2D eigenvalue weighted by Crippen LogP contribution is 2.41. The van der Waals surface area contributed by atoms with Crippen molar-refractivity contribution in [2.24, 2.45) is 17.8 Å². The first kappa shape index (κ1) is 21.1. The van der Waals surface area contributed by atoms with Crippen LogP contribution >= 0.6 is 0 Å². The van der Waals surface area contributed by atoms with Crippen LogP contribution in [0.15, 0.2) is 0 Å². The Morgan fingerprint density at radius 3 is 2.12 bits per heavy atom. The van der Waals surface area contributed by atoms with Crippen LogP contribution in [-0.2, 0) is 4.74 Å². The van der Waals surface area contributed by atoms with Crippen molar-refractivity contribution in [1.82, 2.24) is 0 Å². The third-order valence-corrected chi connectivity index (χ3v) is 6.47. The molecule has 1 atom stereocenters. The summed E-state index contributed by atoms with van der Waals surface area (Å²) in [5.74, 6) is 2.48. The van der Waals surface area contributed by atoms with Crippen LogP contribution in [0.3, 0.4) is 0 Å². The Hall–Kier alpha value is -0.250. The Bertz CT molecular complexity index is 342. The van der Waals surface area contributed by atoms with Crippen molar-refractivity contribution in [3.63, 3.8) is 0 Å². The molecule has 2 aliphatic rings. The summed E-state index contributed by atoms with van der Waals surface area (Å²) in [5.41, 5.74) is 0. The lowest BCUT2D eigenvalue weighted by molar-refractivity contribution is -0.222. The molecule has 0 aromatic rings. The summed E-state index contributed by atoms with van der Waals surface area (Å²) in [7, 11) is 0. The second-order valence-corrected chi connectivity index (χ2v) is 8.36. The second-order valence-electron chi connectivity index (χ2n) is 8.36. The zero-order valence-electron chi connectivity index (χ0n) is 16.0. The van der Waals surface area contributed by atoms with Crippen LogP contribution in [0.4, 0.5) is 13.2 Å². The van der Waals surface area contributed by atoms with Gasteiger partial charge in [-0.2, -0.15) is 13.2 Å². The highest BCUT2D eigenvalue weighted by molar-refractivity contribution is 4.80. The fourth-order valence-electron chi connectivity index (χ4n) is 4.86. The SMILES string of the molecule is CCCCOC(CCC[C@H]1CC[C@H](C2CCCCC2)CC1)C(F)(F)F. The van der Waals surface area contributed by atoms with Crippen LogP contribution in [0, 0.1) is 17.8 Å². The van der Waals surface area contributed by atoms with E-state index in [9.17, 15) is 13.2 Å². The van der Waals surface area contributed by atoms with Crippen LogP contribution < -0.4 is 0 Å². The average molecular weight is 363 g/mol. The quantitative estimate of drug-likeness (QED) is 0.391. The highest BCUT2D eigenvalue weighted by Gasteiger charge is 2.40. The smallest absolute Gasteiger partial charge is 0.369 e. The molecule has 4 heteroatoms. The summed E-state index contributed by atoms with van der Waals surface area (Å²) in [6, 6.07) is 0. The minimum absolute atomic E-state index is 0.135. The fraction of sp³-hybridized carbons (Fsp3) is 1.00. The van der Waals surface area contributed by atoms with Gasteiger partial charge in [-0.25, -0.2) is 0 Å². The standard InChI is InChI=1S/C21H37F3O/c1-2-3-16-25-20(21(22,23)24)11-7-8-17-12-14-19(15-13-17)18-9-5-4-6-10-18/h17-20H,2-16H2,1H3/t17-,19-,20?. The molecule has 0 saturated heterocycles. The molecule has 0 aromatic carbocycles. The molecule has 1 unspecified atom stereocenters. The van der Waals surface area contributed by atoms with Gasteiger partial charge in [0.2, 0.25) is 0 Å². The average Bonchev–Trinajstić information content (AvgIpc) is 2.61. The lowest BCUT2D eigenvalue weighted by Gasteiger charge is -2.36. The number of alkyl halides is 3. The van der Waals surface area contributed by atoms with Gasteiger partial charge in [-0.3, -0.25) is 0 Å². The van der Waals surface area contributed by atoms with E-state index in [4.69, 9.17) is 4.74 Å². The van der Waals surface area contributed by atoms with E-state index < -0.39 is 12.3 Å². The molecule has 2 aliphatic carbocycles. The van der Waals surface area contributed by atoms with Crippen molar-refractivity contribution >= 4 is 0 Å². The molecule has 0 aromatic heterocycles. The van der Waals surface area contributed by atoms with E-state index in [0.717, 1.165) is 24.7 Å². The van der Waals surface area contributed by atoms with Gasteiger partial charge in [0.05, 0.1) is 0 Å². The van der Waals surface area contributed by atoms with Crippen molar-refractivity contribution in [3.05, 3.63) is 0 Å². The van der Waals surface area contributed by atoms with Crippen LogP contribution in [0.2, 0.25) is 0 Å². The predicted octanol–water partition coefficient (Wildman–Crippen LogP) is 7.29. The van der Waals surface area contributed by atoms with Gasteiger partial charge in [-0.15, -0.1) is 0 Å². The van der Waals surface area contributed by atoms with Crippen molar-refractivity contribution in [2.75, 3.05) is 6.61 Å². The molecule has 2 fully saturated rings. The van der Waals surface area contributed by atoms with E-state index >= 15 is 0 Å². The van der Waals surface area contributed by atoms with Crippen molar-refractivity contribution in [3.8, 4) is 0 Å². The van der Waals surface area contributed by atoms with Gasteiger partial charge in [0.1, 0.15) is 0 Å². The molecule has 0 N–H and O–H groups in total. The van der Waals surface area contributed by atoms with E-state index in [1.807, 2.05) is 6.92 Å². The Kier molecular flexibility index (Phi) is 9.09. The molecule has 1 nitrogen and oxygen atoms in total. The van der Waals surface area contributed by atoms with Crippen molar-refractivity contribution in [2.45, 2.75) is 109 Å². The highest BCUT2D eigenvalue weighted by atomic mass is 19.4. The molecule has 0 radical (unpaired) electrons. The van der Waals surface area contributed by atoms with E-state index in [-0.39, 0.29) is 13.0 Å². The first-order valence-corrected chi connectivity index (χ1v) is 10.7. The molecular weight excluding hydrogens is 325 g/mol. The molecule has 148 valence electrons. The lowest BCUT2D eigenvalue weighted by Crippen LogP contribution is -2.32. The molecule has 0 heterocycles. The van der Waals surface area contributed by atoms with Crippen molar-refractivity contribution in [1.29, 1.82) is 0 Å². The Labute approximate surface area is 152 Å². The van der Waals surface area contributed by atoms with Gasteiger partial charge in [0, 0.05) is 6.61 Å². The molecule has 0 bridgehead atoms. The zero-order chi connectivity index (χ0) is 18.1. The maximum atomic E-state index is 13.0. The van der Waals surface area contributed by atoms with Gasteiger partial charge in [-0.1, -0.05) is 71.1 Å². The molecule has 0 spiro atoms. The summed E-state index contributed by atoms with van der Waals surface area (Å²) in [6.07, 6.45) is 9.66. The fourth-order valence-corrected chi connectivity index (χ4v) is 4.86. The van der Waals surface area contributed by atoms with Gasteiger partial charge in [-0.05, 0) is 43.4 Å². The van der Waals surface area contributed by atoms with Crippen molar-refractivity contribution < 1.29 is 17.9 Å². The molecule has 25 heavy (non-hydrogen) atoms. The van der Waals surface area contributed by atoms with Crippen LogP contribution in [0.25, 0.3) is 0 Å². The summed E-state index contributed by atoms with van der Waals surface area (Å²) >= 11 is 0. The zero-order valence-corrected chi connectivity index (χ0v) is 16.0. The van der Waals surface area contributed by atoms with Gasteiger partial charge in [0.25, 0.3) is 0 Å².